The monoisotopic (exact) mass is 272 g/mol. The van der Waals surface area contributed by atoms with Crippen molar-refractivity contribution in [2.75, 3.05) is 27.2 Å². The zero-order valence-electron chi connectivity index (χ0n) is 12.5. The Morgan fingerprint density at radius 2 is 1.90 bits per heavy atom. The number of hydrogen-bond acceptors (Lipinski definition) is 2. The lowest BCUT2D eigenvalue weighted by atomic mass is 10.0. The molecule has 1 atom stereocenters. The molecule has 0 N–H and O–H groups in total. The first-order valence-corrected chi connectivity index (χ1v) is 7.64. The van der Waals surface area contributed by atoms with Gasteiger partial charge in [0, 0.05) is 25.6 Å². The first kappa shape index (κ1) is 13.6. The zero-order chi connectivity index (χ0) is 14.1. The van der Waals surface area contributed by atoms with Crippen LogP contribution in [0.5, 0.6) is 0 Å². The summed E-state index contributed by atoms with van der Waals surface area (Å²) in [5, 5.41) is 0. The van der Waals surface area contributed by atoms with E-state index in [2.05, 4.69) is 48.2 Å². The Labute approximate surface area is 121 Å². The summed E-state index contributed by atoms with van der Waals surface area (Å²) in [7, 11) is 4.21. The smallest absolute Gasteiger partial charge is 0.222 e. The number of likely N-dealkylation sites (N-methyl/N-ethyl adjacent to an activating group) is 1. The van der Waals surface area contributed by atoms with E-state index in [4.69, 9.17) is 0 Å². The quantitative estimate of drug-likeness (QED) is 0.840. The van der Waals surface area contributed by atoms with Crippen LogP contribution in [-0.4, -0.2) is 48.9 Å². The van der Waals surface area contributed by atoms with E-state index in [0.717, 1.165) is 38.8 Å². The molecule has 2 aliphatic rings. The lowest BCUT2D eigenvalue weighted by molar-refractivity contribution is -0.131. The lowest BCUT2D eigenvalue weighted by Crippen LogP contribution is -2.35. The first-order chi connectivity index (χ1) is 9.63. The van der Waals surface area contributed by atoms with E-state index >= 15 is 0 Å². The molecule has 1 aromatic carbocycles. The third-order valence-electron chi connectivity index (χ3n) is 4.85. The van der Waals surface area contributed by atoms with Crippen molar-refractivity contribution in [2.24, 2.45) is 5.92 Å². The minimum atomic E-state index is 0.354. The molecule has 1 aromatic rings. The van der Waals surface area contributed by atoms with E-state index in [9.17, 15) is 4.79 Å². The SMILES string of the molecule is CN(C)[C@H]1CCN(C(=O)CC2Cc3ccccc3C2)C1. The molecule has 1 saturated heterocycles. The molecule has 108 valence electrons. The van der Waals surface area contributed by atoms with Gasteiger partial charge < -0.3 is 9.80 Å². The molecule has 3 nitrogen and oxygen atoms in total. The maximum atomic E-state index is 12.4. The number of carbonyl (C=O) groups is 1. The number of benzene rings is 1. The molecule has 0 bridgehead atoms. The van der Waals surface area contributed by atoms with Gasteiger partial charge >= 0.3 is 0 Å². The average Bonchev–Trinajstić information content (AvgIpc) is 3.04. The van der Waals surface area contributed by atoms with Crippen molar-refractivity contribution < 1.29 is 4.79 Å². The number of likely N-dealkylation sites (tertiary alicyclic amines) is 1. The van der Waals surface area contributed by atoms with Gasteiger partial charge in [-0.15, -0.1) is 0 Å². The fraction of sp³-hybridized carbons (Fsp3) is 0.588. The van der Waals surface area contributed by atoms with Crippen molar-refractivity contribution in [2.45, 2.75) is 31.7 Å². The van der Waals surface area contributed by atoms with Crippen molar-refractivity contribution in [1.82, 2.24) is 9.80 Å². The molecular weight excluding hydrogens is 248 g/mol. The average molecular weight is 272 g/mol. The molecule has 20 heavy (non-hydrogen) atoms. The second-order valence-corrected chi connectivity index (χ2v) is 6.49. The Kier molecular flexibility index (Phi) is 3.79. The highest BCUT2D eigenvalue weighted by Crippen LogP contribution is 2.29. The van der Waals surface area contributed by atoms with Gasteiger partial charge in [0.25, 0.3) is 0 Å². The van der Waals surface area contributed by atoms with Crippen LogP contribution in [0.3, 0.4) is 0 Å². The van der Waals surface area contributed by atoms with Crippen LogP contribution in [0.15, 0.2) is 24.3 Å². The molecule has 1 aliphatic heterocycles. The highest BCUT2D eigenvalue weighted by atomic mass is 16.2. The van der Waals surface area contributed by atoms with E-state index in [1.165, 1.54) is 11.1 Å². The molecule has 3 rings (SSSR count). The molecule has 1 aliphatic carbocycles. The van der Waals surface area contributed by atoms with Crippen LogP contribution < -0.4 is 0 Å². The van der Waals surface area contributed by atoms with Gasteiger partial charge in [-0.3, -0.25) is 4.79 Å². The Morgan fingerprint density at radius 3 is 2.45 bits per heavy atom. The molecule has 0 unspecified atom stereocenters. The summed E-state index contributed by atoms with van der Waals surface area (Å²) in [5.74, 6) is 0.866. The predicted octanol–water partition coefficient (Wildman–Crippen LogP) is 1.95. The summed E-state index contributed by atoms with van der Waals surface area (Å²) in [6.07, 6.45) is 3.98. The number of amides is 1. The summed E-state index contributed by atoms with van der Waals surface area (Å²) in [5.41, 5.74) is 2.88. The van der Waals surface area contributed by atoms with Gasteiger partial charge in [0.1, 0.15) is 0 Å². The predicted molar refractivity (Wildman–Crippen MR) is 80.6 cm³/mol. The van der Waals surface area contributed by atoms with E-state index < -0.39 is 0 Å². The van der Waals surface area contributed by atoms with E-state index in [-0.39, 0.29) is 0 Å². The Bertz CT molecular complexity index is 473. The molecular formula is C17H24N2O. The minimum Gasteiger partial charge on any atom is -0.341 e. The fourth-order valence-corrected chi connectivity index (χ4v) is 3.56. The third-order valence-corrected chi connectivity index (χ3v) is 4.85. The van der Waals surface area contributed by atoms with Crippen molar-refractivity contribution in [1.29, 1.82) is 0 Å². The normalized spacial score (nSPS) is 22.6. The minimum absolute atomic E-state index is 0.354. The van der Waals surface area contributed by atoms with Gasteiger partial charge in [0.05, 0.1) is 0 Å². The molecule has 1 heterocycles. The van der Waals surface area contributed by atoms with Crippen LogP contribution in [-0.2, 0) is 17.6 Å². The molecule has 3 heteroatoms. The summed E-state index contributed by atoms with van der Waals surface area (Å²) in [6, 6.07) is 9.16. The number of nitrogens with zero attached hydrogens (tertiary/aromatic N) is 2. The summed E-state index contributed by atoms with van der Waals surface area (Å²) in [4.78, 5) is 16.7. The zero-order valence-corrected chi connectivity index (χ0v) is 12.5. The number of fused-ring (bicyclic) bond motifs is 1. The van der Waals surface area contributed by atoms with Gasteiger partial charge in [-0.1, -0.05) is 24.3 Å². The summed E-state index contributed by atoms with van der Waals surface area (Å²) in [6.45, 7) is 1.84. The maximum absolute atomic E-state index is 12.4. The molecule has 1 fully saturated rings. The second-order valence-electron chi connectivity index (χ2n) is 6.49. The van der Waals surface area contributed by atoms with E-state index in [1.807, 2.05) is 0 Å². The molecule has 0 spiro atoms. The lowest BCUT2D eigenvalue weighted by Gasteiger charge is -2.21. The van der Waals surface area contributed by atoms with Crippen LogP contribution in [0.2, 0.25) is 0 Å². The van der Waals surface area contributed by atoms with Crippen molar-refractivity contribution in [3.05, 3.63) is 35.4 Å². The number of carbonyl (C=O) groups excluding carboxylic acids is 1. The first-order valence-electron chi connectivity index (χ1n) is 7.64. The number of hydrogen-bond donors (Lipinski definition) is 0. The van der Waals surface area contributed by atoms with Crippen molar-refractivity contribution >= 4 is 5.91 Å². The van der Waals surface area contributed by atoms with Crippen LogP contribution in [0.1, 0.15) is 24.0 Å². The highest BCUT2D eigenvalue weighted by molar-refractivity contribution is 5.77. The standard InChI is InChI=1S/C17H24N2O/c1-18(2)16-7-8-19(12-16)17(20)11-13-9-14-5-3-4-6-15(14)10-13/h3-6,13,16H,7-12H2,1-2H3/t16-/m0/s1. The molecule has 0 saturated carbocycles. The Morgan fingerprint density at radius 1 is 1.25 bits per heavy atom. The van der Waals surface area contributed by atoms with Gasteiger partial charge in [-0.25, -0.2) is 0 Å². The Hall–Kier alpha value is -1.35. The van der Waals surface area contributed by atoms with Crippen LogP contribution in [0.25, 0.3) is 0 Å². The van der Waals surface area contributed by atoms with Gasteiger partial charge in [0.2, 0.25) is 5.91 Å². The molecule has 1 amide bonds. The topological polar surface area (TPSA) is 23.6 Å². The maximum Gasteiger partial charge on any atom is 0.222 e. The van der Waals surface area contributed by atoms with Crippen molar-refractivity contribution in [3.8, 4) is 0 Å². The van der Waals surface area contributed by atoms with Crippen LogP contribution >= 0.6 is 0 Å². The molecule has 0 radical (unpaired) electrons. The summed E-state index contributed by atoms with van der Waals surface area (Å²) < 4.78 is 0. The van der Waals surface area contributed by atoms with Gasteiger partial charge in [-0.05, 0) is 50.4 Å². The van der Waals surface area contributed by atoms with E-state index in [1.54, 1.807) is 0 Å². The Balaban J connectivity index is 1.54. The third kappa shape index (κ3) is 2.73. The number of rotatable bonds is 3. The van der Waals surface area contributed by atoms with Crippen LogP contribution in [0.4, 0.5) is 0 Å². The fourth-order valence-electron chi connectivity index (χ4n) is 3.56. The van der Waals surface area contributed by atoms with Gasteiger partial charge in [-0.2, -0.15) is 0 Å². The second kappa shape index (κ2) is 5.57. The summed E-state index contributed by atoms with van der Waals surface area (Å²) >= 11 is 0. The van der Waals surface area contributed by atoms with Crippen molar-refractivity contribution in [3.63, 3.8) is 0 Å². The largest absolute Gasteiger partial charge is 0.341 e. The van der Waals surface area contributed by atoms with E-state index in [0.29, 0.717) is 17.9 Å². The van der Waals surface area contributed by atoms with Gasteiger partial charge in [0.15, 0.2) is 0 Å². The van der Waals surface area contributed by atoms with Crippen LogP contribution in [0, 0.1) is 5.92 Å². The highest BCUT2D eigenvalue weighted by Gasteiger charge is 2.30. The molecule has 0 aromatic heterocycles.